The van der Waals surface area contributed by atoms with Gasteiger partial charge < -0.3 is 0 Å². The molecule has 0 saturated carbocycles. The summed E-state index contributed by atoms with van der Waals surface area (Å²) in [6.07, 6.45) is 19.9. The SMILES string of the molecule is C=C\C=C/C(C=C)=C(C)/C=C\Cc1c(PC)c(C)c(-c2c3ccccc3c(-c3ccc4c(c3)CCC=C4)c3ccccc23)c2ccccc12. The Bertz CT molecular complexity index is 2330. The lowest BCUT2D eigenvalue weighted by molar-refractivity contribution is 0.986. The topological polar surface area (TPSA) is 0 Å². The third kappa shape index (κ3) is 5.96. The third-order valence-electron chi connectivity index (χ3n) is 10.1. The van der Waals surface area contributed by atoms with E-state index in [2.05, 4.69) is 155 Å². The Hall–Kier alpha value is -5.03. The predicted octanol–water partition coefficient (Wildman–Crippen LogP) is 13.0. The van der Waals surface area contributed by atoms with Gasteiger partial charge in [-0.1, -0.05) is 161 Å². The number of rotatable bonds is 9. The number of aryl methyl sites for hydroxylation is 1. The van der Waals surface area contributed by atoms with E-state index >= 15 is 0 Å². The fraction of sp³-hybridized carbons (Fsp3) is 0.125. The van der Waals surface area contributed by atoms with E-state index in [0.717, 1.165) is 24.8 Å². The maximum Gasteiger partial charge on any atom is -0.00172 e. The second-order valence-electron chi connectivity index (χ2n) is 12.9. The lowest BCUT2D eigenvalue weighted by Gasteiger charge is -2.24. The lowest BCUT2D eigenvalue weighted by atomic mass is 9.81. The molecule has 0 heterocycles. The van der Waals surface area contributed by atoms with Crippen LogP contribution in [0.5, 0.6) is 0 Å². The molecular formula is C48H43P. The molecule has 0 nitrogen and oxygen atoms in total. The first-order chi connectivity index (χ1) is 24.0. The highest BCUT2D eigenvalue weighted by molar-refractivity contribution is 7.46. The lowest BCUT2D eigenvalue weighted by Crippen LogP contribution is -2.11. The molecule has 0 fully saturated rings. The molecule has 1 atom stereocenters. The maximum atomic E-state index is 4.02. The van der Waals surface area contributed by atoms with Crippen molar-refractivity contribution in [3.8, 4) is 22.3 Å². The summed E-state index contributed by atoms with van der Waals surface area (Å²) in [4.78, 5) is 0. The summed E-state index contributed by atoms with van der Waals surface area (Å²) in [5, 5.41) is 9.37. The van der Waals surface area contributed by atoms with Gasteiger partial charge in [0.05, 0.1) is 0 Å². The van der Waals surface area contributed by atoms with E-state index in [1.54, 1.807) is 6.08 Å². The Kier molecular flexibility index (Phi) is 9.43. The quantitative estimate of drug-likeness (QED) is 0.0830. The first-order valence-electron chi connectivity index (χ1n) is 17.3. The first-order valence-corrected chi connectivity index (χ1v) is 18.8. The largest absolute Gasteiger partial charge is 0.0991 e. The van der Waals surface area contributed by atoms with E-state index < -0.39 is 0 Å². The molecular weight excluding hydrogens is 608 g/mol. The molecule has 0 aliphatic heterocycles. The molecule has 1 unspecified atom stereocenters. The van der Waals surface area contributed by atoms with Crippen molar-refractivity contribution in [2.24, 2.45) is 0 Å². The molecule has 0 radical (unpaired) electrons. The zero-order valence-corrected chi connectivity index (χ0v) is 29.8. The van der Waals surface area contributed by atoms with Crippen LogP contribution in [0.1, 0.15) is 35.6 Å². The first kappa shape index (κ1) is 32.5. The van der Waals surface area contributed by atoms with Crippen LogP contribution in [0.4, 0.5) is 0 Å². The summed E-state index contributed by atoms with van der Waals surface area (Å²) in [5.41, 5.74) is 13.3. The van der Waals surface area contributed by atoms with Crippen molar-refractivity contribution in [1.82, 2.24) is 0 Å². The van der Waals surface area contributed by atoms with Crippen LogP contribution in [0.25, 0.3) is 60.6 Å². The van der Waals surface area contributed by atoms with Gasteiger partial charge in [-0.3, -0.25) is 0 Å². The zero-order valence-electron chi connectivity index (χ0n) is 28.8. The highest BCUT2D eigenvalue weighted by Gasteiger charge is 2.22. The van der Waals surface area contributed by atoms with E-state index in [9.17, 15) is 0 Å². The van der Waals surface area contributed by atoms with Crippen molar-refractivity contribution >= 4 is 52.3 Å². The van der Waals surface area contributed by atoms with Gasteiger partial charge in [0.2, 0.25) is 0 Å². The summed E-state index contributed by atoms with van der Waals surface area (Å²) in [6, 6.07) is 34.3. The Morgan fingerprint density at radius 2 is 1.37 bits per heavy atom. The van der Waals surface area contributed by atoms with Crippen molar-refractivity contribution in [3.05, 3.63) is 180 Å². The molecule has 6 aromatic rings. The van der Waals surface area contributed by atoms with Crippen LogP contribution in [0, 0.1) is 6.92 Å². The average Bonchev–Trinajstić information content (AvgIpc) is 3.14. The highest BCUT2D eigenvalue weighted by atomic mass is 31.1. The number of hydrogen-bond donors (Lipinski definition) is 0. The molecule has 0 N–H and O–H groups in total. The number of hydrogen-bond acceptors (Lipinski definition) is 0. The Morgan fingerprint density at radius 3 is 1.98 bits per heavy atom. The van der Waals surface area contributed by atoms with Crippen LogP contribution in [0.3, 0.4) is 0 Å². The zero-order chi connectivity index (χ0) is 33.9. The van der Waals surface area contributed by atoms with Gasteiger partial charge in [0.25, 0.3) is 0 Å². The third-order valence-corrected chi connectivity index (χ3v) is 11.3. The van der Waals surface area contributed by atoms with Gasteiger partial charge in [-0.25, -0.2) is 0 Å². The number of fused-ring (bicyclic) bond motifs is 4. The predicted molar refractivity (Wildman–Crippen MR) is 221 cm³/mol. The molecule has 1 aliphatic rings. The second-order valence-corrected chi connectivity index (χ2v) is 13.9. The monoisotopic (exact) mass is 650 g/mol. The van der Waals surface area contributed by atoms with E-state index in [1.807, 2.05) is 12.2 Å². The van der Waals surface area contributed by atoms with E-state index in [-0.39, 0.29) is 0 Å². The van der Waals surface area contributed by atoms with Gasteiger partial charge in [-0.15, -0.1) is 0 Å². The molecule has 240 valence electrons. The summed E-state index contributed by atoms with van der Waals surface area (Å²) >= 11 is 0. The summed E-state index contributed by atoms with van der Waals surface area (Å²) in [5.74, 6) is 0. The van der Waals surface area contributed by atoms with Crippen molar-refractivity contribution in [2.75, 3.05) is 6.66 Å². The van der Waals surface area contributed by atoms with Crippen LogP contribution in [-0.2, 0) is 12.8 Å². The Balaban J connectivity index is 1.48. The van der Waals surface area contributed by atoms with Gasteiger partial charge in [0.15, 0.2) is 0 Å². The van der Waals surface area contributed by atoms with Crippen molar-refractivity contribution in [2.45, 2.75) is 33.1 Å². The molecule has 6 aromatic carbocycles. The van der Waals surface area contributed by atoms with E-state index in [4.69, 9.17) is 0 Å². The molecule has 7 rings (SSSR count). The summed E-state index contributed by atoms with van der Waals surface area (Å²) in [6.45, 7) is 14.7. The fourth-order valence-corrected chi connectivity index (χ4v) is 8.84. The van der Waals surface area contributed by atoms with Crippen LogP contribution in [-0.4, -0.2) is 6.66 Å². The van der Waals surface area contributed by atoms with Gasteiger partial charge in [0, 0.05) is 0 Å². The molecule has 0 amide bonds. The molecule has 0 saturated heterocycles. The van der Waals surface area contributed by atoms with E-state index in [1.165, 1.54) is 87.7 Å². The van der Waals surface area contributed by atoms with E-state index in [0.29, 0.717) is 8.58 Å². The summed E-state index contributed by atoms with van der Waals surface area (Å²) in [7, 11) is 0.675. The number of benzene rings is 6. The minimum atomic E-state index is 0.675. The standard InChI is InChI=1S/C48H43P/c1-6-8-19-34(7-2)32(3)18-17-28-44-38-22-11-12-23-39(38)45(33(4)48(44)49-5)47-42-26-15-13-24-40(42)46(41-25-14-16-27-43(41)47)37-30-29-35-20-9-10-21-36(35)31-37/h6-9,11-20,22-27,29-31,49H,1-2,10,21,28H2,3-5H3/b18-17-,19-8-,34-32+. The van der Waals surface area contributed by atoms with Crippen LogP contribution >= 0.6 is 8.58 Å². The molecule has 0 aromatic heterocycles. The molecule has 1 aliphatic carbocycles. The van der Waals surface area contributed by atoms with Gasteiger partial charge in [-0.2, -0.15) is 0 Å². The fourth-order valence-electron chi connectivity index (χ4n) is 7.81. The minimum absolute atomic E-state index is 0.675. The van der Waals surface area contributed by atoms with Gasteiger partial charge in [-0.05, 0) is 133 Å². The normalized spacial score (nSPS) is 13.7. The second kappa shape index (κ2) is 14.2. The molecule has 0 bridgehead atoms. The Labute approximate surface area is 293 Å². The van der Waals surface area contributed by atoms with Crippen LogP contribution in [0.15, 0.2) is 158 Å². The number of allylic oxidation sites excluding steroid dienone is 9. The average molecular weight is 651 g/mol. The molecule has 1 heteroatoms. The van der Waals surface area contributed by atoms with Crippen LogP contribution in [0.2, 0.25) is 0 Å². The smallest absolute Gasteiger partial charge is 0.00172 e. The van der Waals surface area contributed by atoms with Gasteiger partial charge in [0.1, 0.15) is 0 Å². The van der Waals surface area contributed by atoms with Crippen molar-refractivity contribution in [1.29, 1.82) is 0 Å². The Morgan fingerprint density at radius 1 is 0.755 bits per heavy atom. The molecule has 49 heavy (non-hydrogen) atoms. The highest BCUT2D eigenvalue weighted by Crippen LogP contribution is 2.47. The molecule has 0 spiro atoms. The van der Waals surface area contributed by atoms with Gasteiger partial charge >= 0.3 is 0 Å². The van der Waals surface area contributed by atoms with Crippen LogP contribution < -0.4 is 5.30 Å². The maximum absolute atomic E-state index is 4.02. The van der Waals surface area contributed by atoms with Crippen molar-refractivity contribution < 1.29 is 0 Å². The van der Waals surface area contributed by atoms with Crippen molar-refractivity contribution in [3.63, 3.8) is 0 Å². The minimum Gasteiger partial charge on any atom is -0.0991 e. The summed E-state index contributed by atoms with van der Waals surface area (Å²) < 4.78 is 0.